The van der Waals surface area contributed by atoms with Gasteiger partial charge in [0, 0.05) is 12.5 Å². The van der Waals surface area contributed by atoms with E-state index in [0.29, 0.717) is 12.7 Å². The molecule has 0 aromatic heterocycles. The van der Waals surface area contributed by atoms with Gasteiger partial charge in [-0.25, -0.2) is 0 Å². The Morgan fingerprint density at radius 3 is 2.92 bits per heavy atom. The highest BCUT2D eigenvalue weighted by Crippen LogP contribution is 2.39. The van der Waals surface area contributed by atoms with Crippen LogP contribution in [0.1, 0.15) is 26.2 Å². The number of ether oxygens (including phenoxy) is 2. The van der Waals surface area contributed by atoms with E-state index in [1.165, 1.54) is 0 Å². The molecule has 74 valence electrons. The van der Waals surface area contributed by atoms with Crippen LogP contribution < -0.4 is 0 Å². The fourth-order valence-electron chi connectivity index (χ4n) is 2.29. The summed E-state index contributed by atoms with van der Waals surface area (Å²) in [6, 6.07) is 0. The van der Waals surface area contributed by atoms with Crippen molar-refractivity contribution in [3.63, 3.8) is 0 Å². The molecule has 0 saturated carbocycles. The summed E-state index contributed by atoms with van der Waals surface area (Å²) in [6.45, 7) is 2.80. The molecule has 3 unspecified atom stereocenters. The van der Waals surface area contributed by atoms with Gasteiger partial charge in [0.15, 0.2) is 5.78 Å². The fraction of sp³-hybridized carbons (Fsp3) is 0.900. The molecule has 2 fully saturated rings. The van der Waals surface area contributed by atoms with Crippen molar-refractivity contribution in [2.75, 3.05) is 13.2 Å². The van der Waals surface area contributed by atoms with Crippen LogP contribution in [0.2, 0.25) is 0 Å². The lowest BCUT2D eigenvalue weighted by Gasteiger charge is -2.16. The number of Topliss-reactive ketones (excluding diaryl/α,β-unsaturated/α-hetero) is 1. The Morgan fingerprint density at radius 2 is 2.38 bits per heavy atom. The highest BCUT2D eigenvalue weighted by atomic mass is 16.5. The van der Waals surface area contributed by atoms with E-state index in [1.54, 1.807) is 0 Å². The maximum absolute atomic E-state index is 11.6. The minimum atomic E-state index is 0.130. The normalized spacial score (nSPS) is 36.8. The second-order valence-electron chi connectivity index (χ2n) is 3.82. The van der Waals surface area contributed by atoms with Crippen molar-refractivity contribution in [3.05, 3.63) is 0 Å². The molecular weight excluding hydrogens is 168 g/mol. The summed E-state index contributed by atoms with van der Waals surface area (Å²) in [6.07, 6.45) is 3.70. The number of carbonyl (C=O) groups excluding carboxylic acids is 1. The topological polar surface area (TPSA) is 35.5 Å². The van der Waals surface area contributed by atoms with Gasteiger partial charge in [-0.2, -0.15) is 0 Å². The summed E-state index contributed by atoms with van der Waals surface area (Å²) < 4.78 is 10.7. The van der Waals surface area contributed by atoms with Crippen LogP contribution in [0.4, 0.5) is 0 Å². The van der Waals surface area contributed by atoms with Crippen molar-refractivity contribution in [3.8, 4) is 0 Å². The Morgan fingerprint density at radius 1 is 1.54 bits per heavy atom. The lowest BCUT2D eigenvalue weighted by atomic mass is 9.86. The first-order chi connectivity index (χ1) is 6.31. The summed E-state index contributed by atoms with van der Waals surface area (Å²) in [5.41, 5.74) is 0. The summed E-state index contributed by atoms with van der Waals surface area (Å²) >= 11 is 0. The molecule has 3 nitrogen and oxygen atoms in total. The van der Waals surface area contributed by atoms with Crippen molar-refractivity contribution in [2.45, 2.75) is 38.4 Å². The molecule has 2 aliphatic rings. The number of carbonyl (C=O) groups is 1. The lowest BCUT2D eigenvalue weighted by molar-refractivity contribution is -0.128. The fourth-order valence-corrected chi connectivity index (χ4v) is 2.29. The molecule has 3 atom stereocenters. The van der Waals surface area contributed by atoms with Crippen LogP contribution in [-0.4, -0.2) is 31.2 Å². The first kappa shape index (κ1) is 9.16. The van der Waals surface area contributed by atoms with Crippen LogP contribution in [0.5, 0.6) is 0 Å². The van der Waals surface area contributed by atoms with Crippen molar-refractivity contribution in [1.29, 1.82) is 0 Å². The molecule has 13 heavy (non-hydrogen) atoms. The van der Waals surface area contributed by atoms with E-state index in [0.717, 1.165) is 19.3 Å². The maximum atomic E-state index is 11.6. The predicted octanol–water partition coefficient (Wildman–Crippen LogP) is 1.16. The van der Waals surface area contributed by atoms with Gasteiger partial charge in [-0.15, -0.1) is 0 Å². The van der Waals surface area contributed by atoms with Gasteiger partial charge in [-0.3, -0.25) is 4.79 Å². The third kappa shape index (κ3) is 1.76. The third-order valence-electron chi connectivity index (χ3n) is 2.97. The average Bonchev–Trinajstić information content (AvgIpc) is 2.74. The van der Waals surface area contributed by atoms with Gasteiger partial charge in [0.1, 0.15) is 6.61 Å². The Kier molecular flexibility index (Phi) is 2.65. The largest absolute Gasteiger partial charge is 0.374 e. The SMILES string of the molecule is CCOCC(=O)C1CC2CCC1O2. The molecule has 2 rings (SSSR count). The van der Waals surface area contributed by atoms with E-state index < -0.39 is 0 Å². The van der Waals surface area contributed by atoms with Gasteiger partial charge in [-0.1, -0.05) is 0 Å². The highest BCUT2D eigenvalue weighted by Gasteiger charge is 2.43. The minimum absolute atomic E-state index is 0.130. The molecule has 0 aliphatic carbocycles. The maximum Gasteiger partial charge on any atom is 0.164 e. The Balaban J connectivity index is 1.84. The van der Waals surface area contributed by atoms with E-state index in [1.807, 2.05) is 6.92 Å². The smallest absolute Gasteiger partial charge is 0.164 e. The van der Waals surface area contributed by atoms with Crippen molar-refractivity contribution in [1.82, 2.24) is 0 Å². The number of ketones is 1. The zero-order valence-electron chi connectivity index (χ0n) is 7.99. The lowest BCUT2D eigenvalue weighted by Crippen LogP contribution is -2.28. The van der Waals surface area contributed by atoms with Crippen molar-refractivity contribution >= 4 is 5.78 Å². The molecule has 2 bridgehead atoms. The Labute approximate surface area is 78.4 Å². The van der Waals surface area contributed by atoms with Crippen LogP contribution >= 0.6 is 0 Å². The number of hydrogen-bond donors (Lipinski definition) is 0. The van der Waals surface area contributed by atoms with Gasteiger partial charge in [0.05, 0.1) is 12.2 Å². The zero-order chi connectivity index (χ0) is 9.26. The molecule has 3 heteroatoms. The monoisotopic (exact) mass is 184 g/mol. The average molecular weight is 184 g/mol. The summed E-state index contributed by atoms with van der Waals surface area (Å²) in [4.78, 5) is 11.6. The summed E-state index contributed by atoms with van der Waals surface area (Å²) in [5.74, 6) is 0.361. The molecule has 2 saturated heterocycles. The van der Waals surface area contributed by atoms with Crippen LogP contribution in [0.3, 0.4) is 0 Å². The minimum Gasteiger partial charge on any atom is -0.374 e. The Hall–Kier alpha value is -0.410. The molecule has 0 N–H and O–H groups in total. The zero-order valence-corrected chi connectivity index (χ0v) is 7.99. The third-order valence-corrected chi connectivity index (χ3v) is 2.97. The van der Waals surface area contributed by atoms with Gasteiger partial charge >= 0.3 is 0 Å². The Bertz CT molecular complexity index is 202. The van der Waals surface area contributed by atoms with Crippen LogP contribution in [-0.2, 0) is 14.3 Å². The van der Waals surface area contributed by atoms with Gasteiger partial charge < -0.3 is 9.47 Å². The number of hydrogen-bond acceptors (Lipinski definition) is 3. The summed E-state index contributed by atoms with van der Waals surface area (Å²) in [5, 5.41) is 0. The molecule has 0 aromatic carbocycles. The van der Waals surface area contributed by atoms with Gasteiger partial charge in [0.25, 0.3) is 0 Å². The first-order valence-corrected chi connectivity index (χ1v) is 5.07. The van der Waals surface area contributed by atoms with Crippen molar-refractivity contribution < 1.29 is 14.3 Å². The van der Waals surface area contributed by atoms with Gasteiger partial charge in [0.2, 0.25) is 0 Å². The molecule has 2 aliphatic heterocycles. The van der Waals surface area contributed by atoms with E-state index >= 15 is 0 Å². The molecule has 0 radical (unpaired) electrons. The van der Waals surface area contributed by atoms with E-state index in [9.17, 15) is 4.79 Å². The second-order valence-corrected chi connectivity index (χ2v) is 3.82. The molecule has 0 amide bonds. The molecular formula is C10H16O3. The van der Waals surface area contributed by atoms with Gasteiger partial charge in [-0.05, 0) is 26.2 Å². The standard InChI is InChI=1S/C10H16O3/c1-2-12-6-9(11)8-5-7-3-4-10(8)13-7/h7-8,10H,2-6H2,1H3. The van der Waals surface area contributed by atoms with Crippen LogP contribution in [0.25, 0.3) is 0 Å². The first-order valence-electron chi connectivity index (χ1n) is 5.07. The number of fused-ring (bicyclic) bond motifs is 2. The summed E-state index contributed by atoms with van der Waals surface area (Å²) in [7, 11) is 0. The van der Waals surface area contributed by atoms with Crippen LogP contribution in [0.15, 0.2) is 0 Å². The van der Waals surface area contributed by atoms with E-state index in [-0.39, 0.29) is 24.4 Å². The number of rotatable bonds is 4. The second kappa shape index (κ2) is 3.76. The quantitative estimate of drug-likeness (QED) is 0.657. The highest BCUT2D eigenvalue weighted by molar-refractivity contribution is 5.83. The van der Waals surface area contributed by atoms with Crippen molar-refractivity contribution in [2.24, 2.45) is 5.92 Å². The molecule has 2 heterocycles. The predicted molar refractivity (Wildman–Crippen MR) is 47.5 cm³/mol. The van der Waals surface area contributed by atoms with E-state index in [4.69, 9.17) is 9.47 Å². The molecule has 0 aromatic rings. The molecule has 0 spiro atoms. The van der Waals surface area contributed by atoms with Crippen LogP contribution in [0, 0.1) is 5.92 Å². The van der Waals surface area contributed by atoms with E-state index in [2.05, 4.69) is 0 Å².